The highest BCUT2D eigenvalue weighted by molar-refractivity contribution is 7.88. The third-order valence-corrected chi connectivity index (χ3v) is 3.90. The predicted molar refractivity (Wildman–Crippen MR) is 89.1 cm³/mol. The monoisotopic (exact) mass is 351 g/mol. The van der Waals surface area contributed by atoms with Crippen molar-refractivity contribution >= 4 is 22.4 Å². The van der Waals surface area contributed by atoms with Crippen LogP contribution in [0.5, 0.6) is 0 Å². The molecule has 0 unspecified atom stereocenters. The van der Waals surface area contributed by atoms with Crippen LogP contribution in [-0.4, -0.2) is 29.0 Å². The smallest absolute Gasteiger partial charge is 0.213 e. The molecular formula is C14H14ClN5O2S. The number of hydrogen-bond acceptors (Lipinski definition) is 5. The van der Waals surface area contributed by atoms with Crippen LogP contribution in [0.15, 0.2) is 48.5 Å². The summed E-state index contributed by atoms with van der Waals surface area (Å²) in [5, 5.41) is 18.9. The molecule has 3 rings (SSSR count). The van der Waals surface area contributed by atoms with Gasteiger partial charge in [0.05, 0.1) is 5.75 Å². The van der Waals surface area contributed by atoms with Crippen molar-refractivity contribution in [2.24, 2.45) is 5.14 Å². The number of benzene rings is 2. The number of aromatic nitrogens is 4. The topological polar surface area (TPSA) is 115 Å². The lowest BCUT2D eigenvalue weighted by Gasteiger charge is -2.08. The van der Waals surface area contributed by atoms with Gasteiger partial charge in [-0.15, -0.1) is 17.5 Å². The number of primary sulfonamides is 1. The standard InChI is InChI=1S/C14H13N5O2S.ClH/c15-22(20,21)9-10-5-7-11(8-6-10)12-3-1-2-4-13(12)14-16-18-19-17-14;/h1-8H,9H2,(H2,15,20,21)(H,16,17,18,19);1H. The number of H-pyrrole nitrogens is 1. The van der Waals surface area contributed by atoms with Crippen molar-refractivity contribution in [3.63, 3.8) is 0 Å². The number of rotatable bonds is 4. The molecule has 0 bridgehead atoms. The van der Waals surface area contributed by atoms with Crippen molar-refractivity contribution < 1.29 is 8.42 Å². The Balaban J connectivity index is 0.00000192. The minimum atomic E-state index is -3.53. The van der Waals surface area contributed by atoms with Crippen LogP contribution in [0.1, 0.15) is 5.56 Å². The zero-order valence-corrected chi connectivity index (χ0v) is 13.5. The maximum atomic E-state index is 11.1. The lowest BCUT2D eigenvalue weighted by Crippen LogP contribution is -2.14. The average molecular weight is 352 g/mol. The van der Waals surface area contributed by atoms with Gasteiger partial charge in [-0.25, -0.2) is 18.7 Å². The summed E-state index contributed by atoms with van der Waals surface area (Å²) in [6.45, 7) is 0. The summed E-state index contributed by atoms with van der Waals surface area (Å²) >= 11 is 0. The van der Waals surface area contributed by atoms with Gasteiger partial charge in [-0.1, -0.05) is 48.5 Å². The number of nitrogens with two attached hydrogens (primary N) is 1. The largest absolute Gasteiger partial charge is 0.239 e. The van der Waals surface area contributed by atoms with Crippen molar-refractivity contribution in [1.29, 1.82) is 0 Å². The second kappa shape index (κ2) is 6.86. The molecule has 7 nitrogen and oxygen atoms in total. The third-order valence-electron chi connectivity index (χ3n) is 3.16. The molecule has 9 heteroatoms. The molecule has 3 N–H and O–H groups in total. The minimum absolute atomic E-state index is 0. The fraction of sp³-hybridized carbons (Fsp3) is 0.0714. The molecule has 1 heterocycles. The van der Waals surface area contributed by atoms with Crippen LogP contribution < -0.4 is 5.14 Å². The molecule has 0 spiro atoms. The number of sulfonamides is 1. The Kier molecular flexibility index (Phi) is 5.09. The van der Waals surface area contributed by atoms with E-state index in [1.165, 1.54) is 0 Å². The quantitative estimate of drug-likeness (QED) is 0.743. The second-order valence-corrected chi connectivity index (χ2v) is 6.41. The molecule has 0 saturated carbocycles. The number of nitrogens with one attached hydrogen (secondary N) is 1. The molecule has 0 atom stereocenters. The molecule has 120 valence electrons. The van der Waals surface area contributed by atoms with Gasteiger partial charge in [0.2, 0.25) is 10.0 Å². The van der Waals surface area contributed by atoms with Crippen molar-refractivity contribution in [2.45, 2.75) is 5.75 Å². The van der Waals surface area contributed by atoms with Gasteiger partial charge in [-0.3, -0.25) is 0 Å². The first kappa shape index (κ1) is 17.1. The third kappa shape index (κ3) is 4.13. The Morgan fingerprint density at radius 2 is 1.65 bits per heavy atom. The van der Waals surface area contributed by atoms with E-state index in [4.69, 9.17) is 5.14 Å². The number of nitrogens with zero attached hydrogens (tertiary/aromatic N) is 3. The lowest BCUT2D eigenvalue weighted by atomic mass is 9.98. The molecule has 0 radical (unpaired) electrons. The summed E-state index contributed by atoms with van der Waals surface area (Å²) in [6.07, 6.45) is 0. The van der Waals surface area contributed by atoms with E-state index in [0.717, 1.165) is 16.7 Å². The van der Waals surface area contributed by atoms with Crippen LogP contribution in [0.4, 0.5) is 0 Å². The summed E-state index contributed by atoms with van der Waals surface area (Å²) < 4.78 is 22.2. The highest BCUT2D eigenvalue weighted by atomic mass is 35.5. The molecule has 0 fully saturated rings. The molecule has 0 amide bonds. The van der Waals surface area contributed by atoms with E-state index in [2.05, 4.69) is 20.6 Å². The van der Waals surface area contributed by atoms with Crippen LogP contribution in [0.2, 0.25) is 0 Å². The van der Waals surface area contributed by atoms with E-state index >= 15 is 0 Å². The number of tetrazole rings is 1. The zero-order valence-electron chi connectivity index (χ0n) is 11.9. The van der Waals surface area contributed by atoms with Crippen LogP contribution >= 0.6 is 12.4 Å². The van der Waals surface area contributed by atoms with E-state index in [9.17, 15) is 8.42 Å². The second-order valence-electron chi connectivity index (χ2n) is 4.80. The summed E-state index contributed by atoms with van der Waals surface area (Å²) in [5.74, 6) is 0.394. The van der Waals surface area contributed by atoms with Gasteiger partial charge in [0.15, 0.2) is 5.82 Å². The Morgan fingerprint density at radius 1 is 1.00 bits per heavy atom. The van der Waals surface area contributed by atoms with Crippen molar-refractivity contribution in [3.05, 3.63) is 54.1 Å². The van der Waals surface area contributed by atoms with E-state index in [-0.39, 0.29) is 18.2 Å². The molecule has 0 saturated heterocycles. The Morgan fingerprint density at radius 3 is 2.22 bits per heavy atom. The fourth-order valence-electron chi connectivity index (χ4n) is 2.23. The average Bonchev–Trinajstić information content (AvgIpc) is 3.00. The van der Waals surface area contributed by atoms with E-state index in [0.29, 0.717) is 11.4 Å². The van der Waals surface area contributed by atoms with E-state index in [1.54, 1.807) is 12.1 Å². The van der Waals surface area contributed by atoms with Gasteiger partial charge < -0.3 is 0 Å². The molecule has 0 aliphatic heterocycles. The van der Waals surface area contributed by atoms with Crippen LogP contribution in [-0.2, 0) is 15.8 Å². The Labute approximate surface area is 139 Å². The molecule has 1 aromatic heterocycles. The minimum Gasteiger partial charge on any atom is -0.239 e. The first-order chi connectivity index (χ1) is 10.5. The predicted octanol–water partition coefficient (Wildman–Crippen LogP) is 1.74. The van der Waals surface area contributed by atoms with Gasteiger partial charge in [0.25, 0.3) is 0 Å². The molecular weight excluding hydrogens is 338 g/mol. The number of hydrogen-bond donors (Lipinski definition) is 2. The van der Waals surface area contributed by atoms with Crippen molar-refractivity contribution in [3.8, 4) is 22.5 Å². The molecule has 23 heavy (non-hydrogen) atoms. The van der Waals surface area contributed by atoms with Gasteiger partial charge in [0.1, 0.15) is 0 Å². The Bertz CT molecular complexity index is 880. The molecule has 0 aliphatic carbocycles. The molecule has 2 aromatic carbocycles. The van der Waals surface area contributed by atoms with Gasteiger partial charge >= 0.3 is 0 Å². The zero-order chi connectivity index (χ0) is 15.6. The molecule has 0 aliphatic rings. The number of aromatic amines is 1. The summed E-state index contributed by atoms with van der Waals surface area (Å²) in [6, 6.07) is 14.9. The van der Waals surface area contributed by atoms with Crippen molar-refractivity contribution in [2.75, 3.05) is 0 Å². The normalized spacial score (nSPS) is 11.0. The molecule has 3 aromatic rings. The SMILES string of the molecule is Cl.NS(=O)(=O)Cc1ccc(-c2ccccc2-c2nnn[nH]2)cc1. The van der Waals surface area contributed by atoms with Crippen molar-refractivity contribution in [1.82, 2.24) is 20.6 Å². The highest BCUT2D eigenvalue weighted by Crippen LogP contribution is 2.29. The maximum Gasteiger partial charge on any atom is 0.213 e. The van der Waals surface area contributed by atoms with Crippen LogP contribution in [0.3, 0.4) is 0 Å². The van der Waals surface area contributed by atoms with Crippen LogP contribution in [0.25, 0.3) is 22.5 Å². The van der Waals surface area contributed by atoms with E-state index < -0.39 is 10.0 Å². The maximum absolute atomic E-state index is 11.1. The lowest BCUT2D eigenvalue weighted by molar-refractivity contribution is 0.597. The first-order valence-corrected chi connectivity index (χ1v) is 8.17. The van der Waals surface area contributed by atoms with Gasteiger partial charge in [-0.2, -0.15) is 0 Å². The number of halogens is 1. The first-order valence-electron chi connectivity index (χ1n) is 6.46. The van der Waals surface area contributed by atoms with Gasteiger partial charge in [0, 0.05) is 5.56 Å². The fourth-order valence-corrected chi connectivity index (χ4v) is 2.88. The summed E-state index contributed by atoms with van der Waals surface area (Å²) in [7, 11) is -3.53. The van der Waals surface area contributed by atoms with Gasteiger partial charge in [-0.05, 0) is 27.1 Å². The summed E-state index contributed by atoms with van der Waals surface area (Å²) in [5.41, 5.74) is 3.39. The Hall–Kier alpha value is -2.29. The summed E-state index contributed by atoms with van der Waals surface area (Å²) in [4.78, 5) is 0. The highest BCUT2D eigenvalue weighted by Gasteiger charge is 2.10. The van der Waals surface area contributed by atoms with E-state index in [1.807, 2.05) is 36.4 Å². The van der Waals surface area contributed by atoms with Crippen LogP contribution in [0, 0.1) is 0 Å².